The maximum absolute atomic E-state index is 13.7. The van der Waals surface area contributed by atoms with Gasteiger partial charge in [-0.1, -0.05) is 0 Å². The number of anilines is 1. The molecule has 4 atom stereocenters. The number of rotatable bonds is 4. The molecule has 3 heterocycles. The van der Waals surface area contributed by atoms with E-state index in [1.165, 1.54) is 29.4 Å². The van der Waals surface area contributed by atoms with Crippen LogP contribution in [0.15, 0.2) is 35.6 Å². The molecule has 32 heavy (non-hydrogen) atoms. The molecule has 2 aromatic rings. The number of nitrogens with two attached hydrogens (primary N) is 1. The van der Waals surface area contributed by atoms with Crippen molar-refractivity contribution < 1.29 is 18.4 Å². The molecule has 8 nitrogen and oxygen atoms in total. The molecule has 0 radical (unpaired) electrons. The van der Waals surface area contributed by atoms with Gasteiger partial charge in [-0.15, -0.1) is 0 Å². The van der Waals surface area contributed by atoms with Gasteiger partial charge in [-0.2, -0.15) is 5.10 Å². The maximum atomic E-state index is 13.7. The van der Waals surface area contributed by atoms with Crippen LogP contribution in [-0.2, 0) is 4.79 Å². The summed E-state index contributed by atoms with van der Waals surface area (Å²) in [6, 6.07) is 4.32. The quantitative estimate of drug-likeness (QED) is 0.785. The molecule has 3 aliphatic rings. The molecule has 1 aliphatic carbocycles. The third-order valence-corrected chi connectivity index (χ3v) is 6.60. The molecule has 5 rings (SSSR count). The summed E-state index contributed by atoms with van der Waals surface area (Å²) in [5, 5.41) is 5.61. The van der Waals surface area contributed by atoms with Crippen LogP contribution in [-0.4, -0.2) is 46.1 Å². The Labute approximate surface area is 183 Å². The largest absolute Gasteiger partial charge is 0.364 e. The monoisotopic (exact) mass is 440 g/mol. The van der Waals surface area contributed by atoms with Gasteiger partial charge in [0.05, 0.1) is 6.04 Å². The van der Waals surface area contributed by atoms with Crippen molar-refractivity contribution in [2.75, 3.05) is 18.0 Å². The first kappa shape index (κ1) is 20.5. The fourth-order valence-electron chi connectivity index (χ4n) is 5.16. The van der Waals surface area contributed by atoms with E-state index in [0.29, 0.717) is 55.7 Å². The first-order valence-corrected chi connectivity index (χ1v) is 10.6. The van der Waals surface area contributed by atoms with Gasteiger partial charge >= 0.3 is 0 Å². The highest BCUT2D eigenvalue weighted by Crippen LogP contribution is 2.44. The Hall–Kier alpha value is -3.43. The van der Waals surface area contributed by atoms with Crippen LogP contribution in [0.4, 0.5) is 14.7 Å². The highest BCUT2D eigenvalue weighted by molar-refractivity contribution is 5.90. The predicted octanol–water partition coefficient (Wildman–Crippen LogP) is 2.28. The third-order valence-electron chi connectivity index (χ3n) is 6.60. The average Bonchev–Trinajstić information content (AvgIpc) is 3.47. The molecule has 1 saturated heterocycles. The van der Waals surface area contributed by atoms with Crippen molar-refractivity contribution in [2.24, 2.45) is 28.6 Å². The lowest BCUT2D eigenvalue weighted by Gasteiger charge is -2.26. The number of hydrazone groups is 1. The molecule has 2 aliphatic heterocycles. The standard InChI is InChI=1S/C22H22F2N6O2/c23-16-7-12(8-17(24)9-16)19-2-4-27-30(19)21(32)13-5-14-10-29(11-15(14)6-13)22-26-3-1-18(28-22)20(25)31/h1,3-4,7-9,13-15,19H,2,5-6,10-11H2,(H2,25,31)/t13?,14-,15+,19?. The first-order valence-electron chi connectivity index (χ1n) is 10.6. The average molecular weight is 440 g/mol. The topological polar surface area (TPSA) is 105 Å². The summed E-state index contributed by atoms with van der Waals surface area (Å²) in [6.07, 6.45) is 4.96. The predicted molar refractivity (Wildman–Crippen MR) is 112 cm³/mol. The molecule has 1 saturated carbocycles. The number of halogens is 2. The van der Waals surface area contributed by atoms with Crippen LogP contribution in [0.5, 0.6) is 0 Å². The van der Waals surface area contributed by atoms with Crippen LogP contribution in [0.3, 0.4) is 0 Å². The Balaban J connectivity index is 1.26. The zero-order valence-corrected chi connectivity index (χ0v) is 17.2. The summed E-state index contributed by atoms with van der Waals surface area (Å²) in [5.41, 5.74) is 5.89. The summed E-state index contributed by atoms with van der Waals surface area (Å²) < 4.78 is 27.4. The number of carbonyl (C=O) groups is 2. The highest BCUT2D eigenvalue weighted by Gasteiger charge is 2.46. The van der Waals surface area contributed by atoms with E-state index in [4.69, 9.17) is 5.73 Å². The van der Waals surface area contributed by atoms with Gasteiger partial charge < -0.3 is 10.6 Å². The molecule has 2 fully saturated rings. The second-order valence-corrected chi connectivity index (χ2v) is 8.63. The van der Waals surface area contributed by atoms with E-state index >= 15 is 0 Å². The summed E-state index contributed by atoms with van der Waals surface area (Å²) in [5.74, 6) is -1.19. The number of hydrogen-bond donors (Lipinski definition) is 1. The molecule has 1 aromatic carbocycles. The lowest BCUT2D eigenvalue weighted by atomic mass is 10.0. The van der Waals surface area contributed by atoms with Crippen molar-refractivity contribution in [3.05, 3.63) is 53.4 Å². The molecular formula is C22H22F2N6O2. The summed E-state index contributed by atoms with van der Waals surface area (Å²) in [4.78, 5) is 35.2. The van der Waals surface area contributed by atoms with Crippen LogP contribution in [0.2, 0.25) is 0 Å². The SMILES string of the molecule is NC(=O)c1ccnc(N2C[C@H]3CC(C(=O)N4N=CCC4c4cc(F)cc(F)c4)C[C@H]3C2)n1. The molecule has 0 bridgehead atoms. The van der Waals surface area contributed by atoms with Crippen molar-refractivity contribution in [3.63, 3.8) is 0 Å². The number of benzene rings is 1. The number of carbonyl (C=O) groups excluding carboxylic acids is 2. The number of amides is 2. The highest BCUT2D eigenvalue weighted by atomic mass is 19.1. The summed E-state index contributed by atoms with van der Waals surface area (Å²) in [6.45, 7) is 1.39. The van der Waals surface area contributed by atoms with E-state index in [0.717, 1.165) is 6.07 Å². The van der Waals surface area contributed by atoms with Gasteiger partial charge in [0.15, 0.2) is 0 Å². The normalized spacial score (nSPS) is 26.6. The van der Waals surface area contributed by atoms with E-state index in [-0.39, 0.29) is 17.5 Å². The van der Waals surface area contributed by atoms with E-state index in [9.17, 15) is 18.4 Å². The first-order chi connectivity index (χ1) is 15.4. The Bertz CT molecular complexity index is 1080. The van der Waals surface area contributed by atoms with E-state index in [1.54, 1.807) is 6.21 Å². The van der Waals surface area contributed by atoms with Crippen LogP contribution >= 0.6 is 0 Å². The fraction of sp³-hybridized carbons (Fsp3) is 0.409. The van der Waals surface area contributed by atoms with Crippen molar-refractivity contribution in [1.29, 1.82) is 0 Å². The molecule has 2 amide bonds. The lowest BCUT2D eigenvalue weighted by molar-refractivity contribution is -0.137. The second kappa shape index (κ2) is 7.92. The van der Waals surface area contributed by atoms with Gasteiger partial charge in [0.2, 0.25) is 11.9 Å². The van der Waals surface area contributed by atoms with Crippen LogP contribution < -0.4 is 10.6 Å². The van der Waals surface area contributed by atoms with Crippen molar-refractivity contribution >= 4 is 24.0 Å². The van der Waals surface area contributed by atoms with Crippen molar-refractivity contribution in [1.82, 2.24) is 15.0 Å². The molecule has 166 valence electrons. The maximum Gasteiger partial charge on any atom is 0.267 e. The van der Waals surface area contributed by atoms with Crippen LogP contribution in [0.25, 0.3) is 0 Å². The summed E-state index contributed by atoms with van der Waals surface area (Å²) >= 11 is 0. The number of nitrogens with zero attached hydrogens (tertiary/aromatic N) is 5. The lowest BCUT2D eigenvalue weighted by Crippen LogP contribution is -2.33. The molecule has 0 spiro atoms. The Morgan fingerprint density at radius 3 is 2.41 bits per heavy atom. The number of aromatic nitrogens is 2. The Kier molecular flexibility index (Phi) is 5.07. The number of hydrogen-bond acceptors (Lipinski definition) is 6. The smallest absolute Gasteiger partial charge is 0.267 e. The van der Waals surface area contributed by atoms with Crippen LogP contribution in [0.1, 0.15) is 41.4 Å². The molecule has 10 heteroatoms. The molecule has 2 N–H and O–H groups in total. The van der Waals surface area contributed by atoms with Gasteiger partial charge in [0, 0.05) is 43.9 Å². The minimum atomic E-state index is -0.669. The zero-order chi connectivity index (χ0) is 22.4. The second-order valence-electron chi connectivity index (χ2n) is 8.63. The van der Waals surface area contributed by atoms with Gasteiger partial charge in [0.25, 0.3) is 5.91 Å². The zero-order valence-electron chi connectivity index (χ0n) is 17.2. The van der Waals surface area contributed by atoms with E-state index < -0.39 is 23.6 Å². The number of fused-ring (bicyclic) bond motifs is 1. The third kappa shape index (κ3) is 3.69. The molecule has 1 aromatic heterocycles. The van der Waals surface area contributed by atoms with Gasteiger partial charge in [-0.25, -0.2) is 23.8 Å². The van der Waals surface area contributed by atoms with Gasteiger partial charge in [-0.3, -0.25) is 9.59 Å². The van der Waals surface area contributed by atoms with Gasteiger partial charge in [-0.05, 0) is 48.4 Å². The van der Waals surface area contributed by atoms with E-state index in [2.05, 4.69) is 15.1 Å². The van der Waals surface area contributed by atoms with Crippen molar-refractivity contribution in [3.8, 4) is 0 Å². The van der Waals surface area contributed by atoms with Crippen LogP contribution in [0, 0.1) is 29.4 Å². The Morgan fingerprint density at radius 2 is 1.75 bits per heavy atom. The number of primary amides is 1. The Morgan fingerprint density at radius 1 is 1.06 bits per heavy atom. The molecule has 2 unspecified atom stereocenters. The summed E-state index contributed by atoms with van der Waals surface area (Å²) in [7, 11) is 0. The molecular weight excluding hydrogens is 418 g/mol. The minimum absolute atomic E-state index is 0.110. The van der Waals surface area contributed by atoms with Gasteiger partial charge in [0.1, 0.15) is 17.3 Å². The minimum Gasteiger partial charge on any atom is -0.364 e. The van der Waals surface area contributed by atoms with Crippen molar-refractivity contribution in [2.45, 2.75) is 25.3 Å². The van der Waals surface area contributed by atoms with E-state index in [1.807, 2.05) is 4.90 Å². The fourth-order valence-corrected chi connectivity index (χ4v) is 5.16.